The van der Waals surface area contributed by atoms with Crippen molar-refractivity contribution < 1.29 is 14.3 Å². The Bertz CT molecular complexity index is 934. The van der Waals surface area contributed by atoms with Gasteiger partial charge in [0.15, 0.2) is 0 Å². The van der Waals surface area contributed by atoms with Crippen molar-refractivity contribution in [3.63, 3.8) is 0 Å². The smallest absolute Gasteiger partial charge is 0.313 e. The Hall–Kier alpha value is -2.85. The molecule has 3 aromatic rings. The average Bonchev–Trinajstić information content (AvgIpc) is 2.76. The number of esters is 1. The van der Waals surface area contributed by atoms with E-state index in [1.165, 1.54) is 0 Å². The Labute approximate surface area is 179 Å². The third-order valence-electron chi connectivity index (χ3n) is 5.11. The first-order valence-corrected chi connectivity index (χ1v) is 10.7. The highest BCUT2D eigenvalue weighted by Gasteiger charge is 2.24. The van der Waals surface area contributed by atoms with Gasteiger partial charge in [0.1, 0.15) is 18.5 Å². The van der Waals surface area contributed by atoms with Crippen LogP contribution < -0.4 is 10.1 Å². The second-order valence-corrected chi connectivity index (χ2v) is 7.78. The van der Waals surface area contributed by atoms with Crippen LogP contribution in [0.3, 0.4) is 0 Å². The molecule has 0 bridgehead atoms. The van der Waals surface area contributed by atoms with Gasteiger partial charge in [-0.25, -0.2) is 0 Å². The van der Waals surface area contributed by atoms with E-state index in [1.807, 2.05) is 67.6 Å². The Kier molecular flexibility index (Phi) is 7.86. The van der Waals surface area contributed by atoms with E-state index in [9.17, 15) is 4.79 Å². The third kappa shape index (κ3) is 5.83. The lowest BCUT2D eigenvalue weighted by Gasteiger charge is -2.23. The molecule has 0 radical (unpaired) electrons. The van der Waals surface area contributed by atoms with E-state index >= 15 is 0 Å². The lowest BCUT2D eigenvalue weighted by atomic mass is 9.97. The van der Waals surface area contributed by atoms with Crippen LogP contribution in [0.15, 0.2) is 72.8 Å². The van der Waals surface area contributed by atoms with Crippen LogP contribution in [0.5, 0.6) is 5.75 Å². The van der Waals surface area contributed by atoms with Crippen LogP contribution in [-0.2, 0) is 9.53 Å². The summed E-state index contributed by atoms with van der Waals surface area (Å²) in [5, 5.41) is 5.54. The van der Waals surface area contributed by atoms with Crippen LogP contribution in [0.2, 0.25) is 0 Å². The topological polar surface area (TPSA) is 47.6 Å². The molecule has 0 heterocycles. The second-order valence-electron chi connectivity index (χ2n) is 7.78. The van der Waals surface area contributed by atoms with Crippen molar-refractivity contribution in [2.45, 2.75) is 45.3 Å². The maximum atomic E-state index is 12.9. The molecular weight excluding hydrogens is 374 g/mol. The normalized spacial score (nSPS) is 13.2. The number of carbonyl (C=O) groups is 1. The van der Waals surface area contributed by atoms with Gasteiger partial charge < -0.3 is 14.8 Å². The molecule has 3 rings (SSSR count). The first-order chi connectivity index (χ1) is 14.6. The standard InChI is InChI=1S/C26H31NO3/c1-4-23(20-11-6-5-7-12-20)26(28)30-22(17-27-19(2)3)18-29-25-16-10-14-21-13-8-9-15-24(21)25/h5-16,19,22-23,27H,4,17-18H2,1-3H3/t22-,23+/m0/s1. The number of benzene rings is 3. The predicted molar refractivity (Wildman–Crippen MR) is 122 cm³/mol. The Morgan fingerprint density at radius 2 is 1.63 bits per heavy atom. The van der Waals surface area contributed by atoms with Crippen LogP contribution in [0.1, 0.15) is 38.7 Å². The van der Waals surface area contributed by atoms with Crippen LogP contribution in [0.25, 0.3) is 10.8 Å². The molecular formula is C26H31NO3. The molecule has 0 unspecified atom stereocenters. The minimum absolute atomic E-state index is 0.208. The van der Waals surface area contributed by atoms with Crippen molar-refractivity contribution in [1.82, 2.24) is 5.32 Å². The van der Waals surface area contributed by atoms with E-state index in [1.54, 1.807) is 0 Å². The molecule has 3 aromatic carbocycles. The zero-order valence-electron chi connectivity index (χ0n) is 18.0. The van der Waals surface area contributed by atoms with E-state index in [4.69, 9.17) is 9.47 Å². The Balaban J connectivity index is 1.71. The molecule has 0 aliphatic carbocycles. The Morgan fingerprint density at radius 3 is 2.37 bits per heavy atom. The molecule has 0 amide bonds. The van der Waals surface area contributed by atoms with E-state index < -0.39 is 0 Å². The fourth-order valence-electron chi connectivity index (χ4n) is 3.48. The number of rotatable bonds is 10. The van der Waals surface area contributed by atoms with E-state index in [-0.39, 0.29) is 18.0 Å². The van der Waals surface area contributed by atoms with Gasteiger partial charge in [-0.05, 0) is 23.4 Å². The summed E-state index contributed by atoms with van der Waals surface area (Å²) in [6.45, 7) is 6.99. The summed E-state index contributed by atoms with van der Waals surface area (Å²) in [5.74, 6) is 0.319. The lowest BCUT2D eigenvalue weighted by molar-refractivity contribution is -0.152. The molecule has 30 heavy (non-hydrogen) atoms. The van der Waals surface area contributed by atoms with Gasteiger partial charge in [-0.1, -0.05) is 87.5 Å². The summed E-state index contributed by atoms with van der Waals surface area (Å²) in [6.07, 6.45) is 0.314. The summed E-state index contributed by atoms with van der Waals surface area (Å²) < 4.78 is 12.0. The van der Waals surface area contributed by atoms with Crippen LogP contribution in [-0.4, -0.2) is 31.3 Å². The summed E-state index contributed by atoms with van der Waals surface area (Å²) in [5.41, 5.74) is 0.982. The number of carbonyl (C=O) groups excluding carboxylic acids is 1. The molecule has 2 atom stereocenters. The van der Waals surface area contributed by atoms with E-state index in [2.05, 4.69) is 31.3 Å². The number of fused-ring (bicyclic) bond motifs is 1. The molecule has 4 heteroatoms. The van der Waals surface area contributed by atoms with E-state index in [0.717, 1.165) is 22.1 Å². The second kappa shape index (κ2) is 10.8. The van der Waals surface area contributed by atoms with Crippen molar-refractivity contribution in [2.75, 3.05) is 13.2 Å². The zero-order valence-corrected chi connectivity index (χ0v) is 18.0. The predicted octanol–water partition coefficient (Wildman–Crippen LogP) is 5.32. The highest BCUT2D eigenvalue weighted by atomic mass is 16.6. The molecule has 158 valence electrons. The first kappa shape index (κ1) is 21.8. The lowest BCUT2D eigenvalue weighted by Crippen LogP contribution is -2.39. The quantitative estimate of drug-likeness (QED) is 0.464. The van der Waals surface area contributed by atoms with Crippen molar-refractivity contribution in [3.05, 3.63) is 78.4 Å². The average molecular weight is 406 g/mol. The molecule has 0 saturated carbocycles. The van der Waals surface area contributed by atoms with Crippen LogP contribution in [0, 0.1) is 0 Å². The summed E-state index contributed by atoms with van der Waals surface area (Å²) >= 11 is 0. The van der Waals surface area contributed by atoms with E-state index in [0.29, 0.717) is 25.6 Å². The molecule has 0 aromatic heterocycles. The molecule has 4 nitrogen and oxygen atoms in total. The summed E-state index contributed by atoms with van der Waals surface area (Å²) in [7, 11) is 0. The minimum atomic E-state index is -0.378. The van der Waals surface area contributed by atoms with Gasteiger partial charge in [0, 0.05) is 18.0 Å². The SMILES string of the molecule is CC[C@@H](C(=O)O[C@@H](CNC(C)C)COc1cccc2ccccc12)c1ccccc1. The molecule has 0 aliphatic rings. The van der Waals surface area contributed by atoms with Crippen molar-refractivity contribution in [2.24, 2.45) is 0 Å². The first-order valence-electron chi connectivity index (χ1n) is 10.7. The molecule has 0 fully saturated rings. The highest BCUT2D eigenvalue weighted by molar-refractivity contribution is 5.88. The van der Waals surface area contributed by atoms with Crippen LogP contribution >= 0.6 is 0 Å². The minimum Gasteiger partial charge on any atom is -0.489 e. The van der Waals surface area contributed by atoms with Gasteiger partial charge >= 0.3 is 5.97 Å². The van der Waals surface area contributed by atoms with Gasteiger partial charge in [-0.2, -0.15) is 0 Å². The number of hydrogen-bond donors (Lipinski definition) is 1. The molecule has 0 spiro atoms. The maximum Gasteiger partial charge on any atom is 0.313 e. The van der Waals surface area contributed by atoms with Gasteiger partial charge in [0.05, 0.1) is 5.92 Å². The van der Waals surface area contributed by atoms with Gasteiger partial charge in [0.2, 0.25) is 0 Å². The van der Waals surface area contributed by atoms with Crippen molar-refractivity contribution >= 4 is 16.7 Å². The molecule has 1 N–H and O–H groups in total. The fourth-order valence-corrected chi connectivity index (χ4v) is 3.48. The summed E-state index contributed by atoms with van der Waals surface area (Å²) in [4.78, 5) is 12.9. The van der Waals surface area contributed by atoms with Gasteiger partial charge in [-0.15, -0.1) is 0 Å². The monoisotopic (exact) mass is 405 g/mol. The van der Waals surface area contributed by atoms with Crippen molar-refractivity contribution in [3.8, 4) is 5.75 Å². The number of hydrogen-bond acceptors (Lipinski definition) is 4. The van der Waals surface area contributed by atoms with Crippen LogP contribution in [0.4, 0.5) is 0 Å². The molecule has 0 aliphatic heterocycles. The Morgan fingerprint density at radius 1 is 0.933 bits per heavy atom. The molecule has 0 saturated heterocycles. The third-order valence-corrected chi connectivity index (χ3v) is 5.11. The zero-order chi connectivity index (χ0) is 21.3. The largest absolute Gasteiger partial charge is 0.489 e. The van der Waals surface area contributed by atoms with Gasteiger partial charge in [-0.3, -0.25) is 4.79 Å². The highest BCUT2D eigenvalue weighted by Crippen LogP contribution is 2.26. The fraction of sp³-hybridized carbons (Fsp3) is 0.346. The van der Waals surface area contributed by atoms with Gasteiger partial charge in [0.25, 0.3) is 0 Å². The maximum absolute atomic E-state index is 12.9. The van der Waals surface area contributed by atoms with Crippen molar-refractivity contribution in [1.29, 1.82) is 0 Å². The summed E-state index contributed by atoms with van der Waals surface area (Å²) in [6, 6.07) is 24.2. The number of nitrogens with one attached hydrogen (secondary N) is 1. The number of ether oxygens (including phenoxy) is 2.